The Morgan fingerprint density at radius 3 is 2.40 bits per heavy atom. The number of nitrogens with zero attached hydrogens (tertiary/aromatic N) is 1. The third-order valence-corrected chi connectivity index (χ3v) is 6.71. The molecule has 4 rings (SSSR count). The maximum absolute atomic E-state index is 13.3. The molecule has 2 amide bonds. The molecular weight excluding hydrogens is 448 g/mol. The number of hydrogen-bond acceptors (Lipinski definition) is 5. The third kappa shape index (κ3) is 5.65. The van der Waals surface area contributed by atoms with Crippen molar-refractivity contribution in [1.82, 2.24) is 10.2 Å². The molecule has 0 radical (unpaired) electrons. The van der Waals surface area contributed by atoms with Crippen molar-refractivity contribution in [3.05, 3.63) is 59.7 Å². The van der Waals surface area contributed by atoms with Crippen LogP contribution in [0.25, 0.3) is 11.1 Å². The second kappa shape index (κ2) is 11.4. The molecule has 0 spiro atoms. The van der Waals surface area contributed by atoms with Crippen LogP contribution < -0.4 is 5.32 Å². The van der Waals surface area contributed by atoms with Crippen molar-refractivity contribution in [3.8, 4) is 11.1 Å². The largest absolute Gasteiger partial charge is 0.481 e. The van der Waals surface area contributed by atoms with Crippen molar-refractivity contribution in [2.24, 2.45) is 5.92 Å². The van der Waals surface area contributed by atoms with Crippen molar-refractivity contribution in [2.45, 2.75) is 38.1 Å². The van der Waals surface area contributed by atoms with E-state index in [2.05, 4.69) is 29.6 Å². The SMILES string of the molecule is CCCCC(NC(=O)OCC1c2ccccc2-c2ccccc21)C(=O)N1CCOCC(C(=O)O)C1. The highest BCUT2D eigenvalue weighted by atomic mass is 16.5. The molecule has 1 saturated heterocycles. The molecule has 2 unspecified atom stereocenters. The van der Waals surface area contributed by atoms with E-state index in [1.807, 2.05) is 31.2 Å². The van der Waals surface area contributed by atoms with Gasteiger partial charge in [-0.3, -0.25) is 9.59 Å². The number of carboxylic acids is 1. The van der Waals surface area contributed by atoms with E-state index in [1.54, 1.807) is 0 Å². The number of benzene rings is 2. The van der Waals surface area contributed by atoms with Crippen LogP contribution in [0.3, 0.4) is 0 Å². The summed E-state index contributed by atoms with van der Waals surface area (Å²) in [5.41, 5.74) is 4.52. The number of aliphatic carboxylic acids is 1. The van der Waals surface area contributed by atoms with E-state index in [0.717, 1.165) is 35.1 Å². The summed E-state index contributed by atoms with van der Waals surface area (Å²) in [4.78, 5) is 39.0. The van der Waals surface area contributed by atoms with Crippen LogP contribution in [0.2, 0.25) is 0 Å². The van der Waals surface area contributed by atoms with Gasteiger partial charge in [0.25, 0.3) is 0 Å². The Kier molecular flexibility index (Phi) is 8.02. The predicted octanol–water partition coefficient (Wildman–Crippen LogP) is 3.64. The Labute approximate surface area is 205 Å². The van der Waals surface area contributed by atoms with Gasteiger partial charge in [0.15, 0.2) is 0 Å². The molecule has 1 aliphatic carbocycles. The van der Waals surface area contributed by atoms with E-state index in [0.29, 0.717) is 6.42 Å². The fraction of sp³-hybridized carbons (Fsp3) is 0.444. The molecule has 0 aromatic heterocycles. The summed E-state index contributed by atoms with van der Waals surface area (Å²) in [6, 6.07) is 15.4. The van der Waals surface area contributed by atoms with Gasteiger partial charge in [0.05, 0.1) is 19.1 Å². The molecule has 2 N–H and O–H groups in total. The van der Waals surface area contributed by atoms with Gasteiger partial charge in [-0.15, -0.1) is 0 Å². The average Bonchev–Trinajstić information content (AvgIpc) is 3.00. The summed E-state index contributed by atoms with van der Waals surface area (Å²) in [5.74, 6) is -2.16. The van der Waals surface area contributed by atoms with Crippen molar-refractivity contribution in [2.75, 3.05) is 32.9 Å². The van der Waals surface area contributed by atoms with Gasteiger partial charge >= 0.3 is 12.1 Å². The number of ether oxygens (including phenoxy) is 2. The van der Waals surface area contributed by atoms with Crippen LogP contribution in [0.1, 0.15) is 43.2 Å². The molecule has 2 aliphatic rings. The topological polar surface area (TPSA) is 105 Å². The zero-order valence-electron chi connectivity index (χ0n) is 19.9. The lowest BCUT2D eigenvalue weighted by atomic mass is 9.98. The molecule has 8 heteroatoms. The van der Waals surface area contributed by atoms with E-state index in [4.69, 9.17) is 9.47 Å². The lowest BCUT2D eigenvalue weighted by molar-refractivity contribution is -0.144. The summed E-state index contributed by atoms with van der Waals surface area (Å²) in [5, 5.41) is 12.1. The summed E-state index contributed by atoms with van der Waals surface area (Å²) < 4.78 is 11.0. The number of carbonyl (C=O) groups is 3. The lowest BCUT2D eigenvalue weighted by Crippen LogP contribution is -2.50. The minimum Gasteiger partial charge on any atom is -0.481 e. The van der Waals surface area contributed by atoms with Crippen LogP contribution >= 0.6 is 0 Å². The van der Waals surface area contributed by atoms with Gasteiger partial charge in [0.1, 0.15) is 12.6 Å². The van der Waals surface area contributed by atoms with Gasteiger partial charge < -0.3 is 24.8 Å². The number of fused-ring (bicyclic) bond motifs is 3. The molecule has 2 aromatic rings. The number of carbonyl (C=O) groups excluding carboxylic acids is 2. The Hall–Kier alpha value is -3.39. The number of unbranched alkanes of at least 4 members (excludes halogenated alkanes) is 1. The van der Waals surface area contributed by atoms with E-state index >= 15 is 0 Å². The Balaban J connectivity index is 1.42. The van der Waals surface area contributed by atoms with Crippen LogP contribution in [0, 0.1) is 5.92 Å². The fourth-order valence-electron chi connectivity index (χ4n) is 4.83. The normalized spacial score (nSPS) is 18.2. The first-order chi connectivity index (χ1) is 17.0. The zero-order valence-corrected chi connectivity index (χ0v) is 19.9. The molecule has 8 nitrogen and oxygen atoms in total. The van der Waals surface area contributed by atoms with Crippen molar-refractivity contribution in [3.63, 3.8) is 0 Å². The first-order valence-electron chi connectivity index (χ1n) is 12.2. The Morgan fingerprint density at radius 1 is 1.11 bits per heavy atom. The smallest absolute Gasteiger partial charge is 0.407 e. The number of alkyl carbamates (subject to hydrolysis) is 1. The third-order valence-electron chi connectivity index (χ3n) is 6.71. The van der Waals surface area contributed by atoms with Crippen LogP contribution in [0.5, 0.6) is 0 Å². The Bertz CT molecular complexity index is 1030. The quantitative estimate of drug-likeness (QED) is 0.598. The molecule has 0 saturated carbocycles. The van der Waals surface area contributed by atoms with E-state index in [-0.39, 0.29) is 44.7 Å². The fourth-order valence-corrected chi connectivity index (χ4v) is 4.83. The standard InChI is InChI=1S/C27H32N2O6/c1-2-3-12-24(25(30)29-13-14-34-16-18(15-29)26(31)32)28-27(33)35-17-23-21-10-6-4-8-19(21)20-9-5-7-11-22(20)23/h4-11,18,23-24H,2-3,12-17H2,1H3,(H,28,33)(H,31,32). The second-order valence-electron chi connectivity index (χ2n) is 9.06. The maximum Gasteiger partial charge on any atom is 0.407 e. The lowest BCUT2D eigenvalue weighted by Gasteiger charge is -2.27. The number of hydrogen-bond donors (Lipinski definition) is 2. The number of carboxylic acid groups (broad SMARTS) is 1. The Morgan fingerprint density at radius 2 is 1.77 bits per heavy atom. The van der Waals surface area contributed by atoms with Crippen LogP contribution in [0.4, 0.5) is 4.79 Å². The molecule has 1 fully saturated rings. The summed E-state index contributed by atoms with van der Waals surface area (Å²) >= 11 is 0. The monoisotopic (exact) mass is 480 g/mol. The highest BCUT2D eigenvalue weighted by Gasteiger charge is 2.33. The molecule has 1 aliphatic heterocycles. The minimum atomic E-state index is -1.00. The number of amides is 2. The molecule has 2 aromatic carbocycles. The minimum absolute atomic E-state index is 0.0587. The van der Waals surface area contributed by atoms with Gasteiger partial charge in [0, 0.05) is 19.0 Å². The van der Waals surface area contributed by atoms with E-state index in [1.165, 1.54) is 4.90 Å². The first kappa shape index (κ1) is 24.7. The highest BCUT2D eigenvalue weighted by molar-refractivity contribution is 5.86. The van der Waals surface area contributed by atoms with Gasteiger partial charge in [0.2, 0.25) is 5.91 Å². The summed E-state index contributed by atoms with van der Waals surface area (Å²) in [7, 11) is 0. The number of rotatable bonds is 8. The van der Waals surface area contributed by atoms with Crippen molar-refractivity contribution >= 4 is 18.0 Å². The molecule has 186 valence electrons. The van der Waals surface area contributed by atoms with Crippen molar-refractivity contribution < 1.29 is 29.0 Å². The van der Waals surface area contributed by atoms with Crippen LogP contribution in [0.15, 0.2) is 48.5 Å². The van der Waals surface area contributed by atoms with E-state index < -0.39 is 24.0 Å². The first-order valence-corrected chi connectivity index (χ1v) is 12.2. The molecule has 35 heavy (non-hydrogen) atoms. The van der Waals surface area contributed by atoms with Gasteiger partial charge in [-0.05, 0) is 28.7 Å². The van der Waals surface area contributed by atoms with E-state index in [9.17, 15) is 19.5 Å². The highest BCUT2D eigenvalue weighted by Crippen LogP contribution is 2.44. The van der Waals surface area contributed by atoms with Gasteiger partial charge in [-0.1, -0.05) is 68.3 Å². The molecule has 1 heterocycles. The van der Waals surface area contributed by atoms with Gasteiger partial charge in [-0.25, -0.2) is 4.79 Å². The zero-order chi connectivity index (χ0) is 24.8. The van der Waals surface area contributed by atoms with Crippen LogP contribution in [-0.2, 0) is 19.1 Å². The maximum atomic E-state index is 13.3. The average molecular weight is 481 g/mol. The summed E-state index contributed by atoms with van der Waals surface area (Å²) in [6.07, 6.45) is 1.40. The second-order valence-corrected chi connectivity index (χ2v) is 9.06. The van der Waals surface area contributed by atoms with Crippen molar-refractivity contribution in [1.29, 1.82) is 0 Å². The predicted molar refractivity (Wildman–Crippen MR) is 130 cm³/mol. The van der Waals surface area contributed by atoms with Gasteiger partial charge in [-0.2, -0.15) is 0 Å². The molecular formula is C27H32N2O6. The molecule has 2 atom stereocenters. The summed E-state index contributed by atoms with van der Waals surface area (Å²) in [6.45, 7) is 2.85. The molecule has 0 bridgehead atoms. The van der Waals surface area contributed by atoms with Crippen LogP contribution in [-0.4, -0.2) is 66.9 Å². The number of nitrogens with one attached hydrogen (secondary N) is 1.